The van der Waals surface area contributed by atoms with Crippen molar-refractivity contribution in [2.24, 2.45) is 0 Å². The normalized spacial score (nSPS) is 11.0. The first kappa shape index (κ1) is 22.2. The third-order valence-corrected chi connectivity index (χ3v) is 5.70. The Hall–Kier alpha value is -4.56. The van der Waals surface area contributed by atoms with Crippen molar-refractivity contribution < 1.29 is 14.3 Å². The molecule has 0 spiro atoms. The van der Waals surface area contributed by atoms with E-state index in [-0.39, 0.29) is 18.0 Å². The van der Waals surface area contributed by atoms with Gasteiger partial charge in [-0.2, -0.15) is 9.78 Å². The van der Waals surface area contributed by atoms with Crippen molar-refractivity contribution >= 4 is 22.5 Å². The summed E-state index contributed by atoms with van der Waals surface area (Å²) < 4.78 is 17.1. The maximum Gasteiger partial charge on any atom is 0.276 e. The lowest BCUT2D eigenvalue weighted by Gasteiger charge is -2.10. The van der Waals surface area contributed by atoms with Gasteiger partial charge in [-0.25, -0.2) is 4.39 Å². The third kappa shape index (κ3) is 4.60. The number of nitrogens with zero attached hydrogens (tertiary/aromatic N) is 3. The van der Waals surface area contributed by atoms with E-state index in [2.05, 4.69) is 15.0 Å². The quantitative estimate of drug-likeness (QED) is 0.392. The number of benzene rings is 3. The first-order valence-corrected chi connectivity index (χ1v) is 11.0. The van der Waals surface area contributed by atoms with Gasteiger partial charge in [0.2, 0.25) is 0 Å². The number of aromatic nitrogens is 3. The van der Waals surface area contributed by atoms with Gasteiger partial charge in [0.25, 0.3) is 11.5 Å². The minimum absolute atomic E-state index is 0.00246. The first-order valence-electron chi connectivity index (χ1n) is 11.0. The molecule has 0 aliphatic rings. The molecule has 1 amide bonds. The van der Waals surface area contributed by atoms with E-state index in [0.717, 1.165) is 26.7 Å². The number of nitrogens with one attached hydrogen (secondary N) is 1. The summed E-state index contributed by atoms with van der Waals surface area (Å²) in [5.74, 6) is -1.14. The van der Waals surface area contributed by atoms with Gasteiger partial charge in [0, 0.05) is 24.5 Å². The maximum absolute atomic E-state index is 14.2. The summed E-state index contributed by atoms with van der Waals surface area (Å²) >= 11 is 0. The zero-order valence-corrected chi connectivity index (χ0v) is 18.6. The van der Waals surface area contributed by atoms with Crippen molar-refractivity contribution in [3.05, 3.63) is 124 Å². The minimum Gasteiger partial charge on any atom is -0.392 e. The van der Waals surface area contributed by atoms with Crippen molar-refractivity contribution in [1.29, 1.82) is 0 Å². The van der Waals surface area contributed by atoms with Crippen molar-refractivity contribution in [3.8, 4) is 5.69 Å². The van der Waals surface area contributed by atoms with Crippen LogP contribution >= 0.6 is 0 Å². The lowest BCUT2D eigenvalue weighted by molar-refractivity contribution is 0.102. The number of rotatable bonds is 6. The standard InChI is InChI=1S/C27H21FN4O3/c28-22-3-1-2-4-24(22)32-26(34)12-11-23(30-32)27(35)29-21-10-9-20-13-14-31(25(20)15-21)16-18-5-7-19(17-33)8-6-18/h1-15,33H,16-17H2,(H,29,35). The topological polar surface area (TPSA) is 89.2 Å². The van der Waals surface area contributed by atoms with Gasteiger partial charge in [-0.05, 0) is 52.9 Å². The average Bonchev–Trinajstić information content (AvgIpc) is 3.27. The molecule has 0 saturated carbocycles. The Morgan fingerprint density at radius 1 is 0.943 bits per heavy atom. The second-order valence-corrected chi connectivity index (χ2v) is 8.07. The second-order valence-electron chi connectivity index (χ2n) is 8.07. The molecule has 7 nitrogen and oxygen atoms in total. The van der Waals surface area contributed by atoms with E-state index in [1.165, 1.54) is 30.3 Å². The lowest BCUT2D eigenvalue weighted by atomic mass is 10.1. The molecule has 0 atom stereocenters. The van der Waals surface area contributed by atoms with Crippen LogP contribution < -0.4 is 10.9 Å². The Labute approximate surface area is 199 Å². The Morgan fingerprint density at radius 2 is 1.71 bits per heavy atom. The zero-order chi connectivity index (χ0) is 24.4. The summed E-state index contributed by atoms with van der Waals surface area (Å²) in [6, 6.07) is 23.5. The van der Waals surface area contributed by atoms with Crippen LogP contribution in [0, 0.1) is 5.82 Å². The van der Waals surface area contributed by atoms with Gasteiger partial charge >= 0.3 is 0 Å². The molecule has 0 bridgehead atoms. The fraction of sp³-hybridized carbons (Fsp3) is 0.0741. The highest BCUT2D eigenvalue weighted by molar-refractivity contribution is 6.03. The number of para-hydroxylation sites is 1. The largest absolute Gasteiger partial charge is 0.392 e. The van der Waals surface area contributed by atoms with Crippen molar-refractivity contribution in [2.45, 2.75) is 13.2 Å². The molecule has 8 heteroatoms. The molecule has 0 aliphatic carbocycles. The van der Waals surface area contributed by atoms with Crippen LogP contribution in [0.4, 0.5) is 10.1 Å². The summed E-state index contributed by atoms with van der Waals surface area (Å²) in [6.45, 7) is 0.629. The molecule has 2 heterocycles. The number of carbonyl (C=O) groups excluding carboxylic acids is 1. The molecule has 0 radical (unpaired) electrons. The number of hydrogen-bond donors (Lipinski definition) is 2. The van der Waals surface area contributed by atoms with E-state index in [9.17, 15) is 19.1 Å². The monoisotopic (exact) mass is 468 g/mol. The van der Waals surface area contributed by atoms with Gasteiger partial charge in [0.05, 0.1) is 12.1 Å². The van der Waals surface area contributed by atoms with Gasteiger partial charge in [0.15, 0.2) is 0 Å². The summed E-state index contributed by atoms with van der Waals surface area (Å²) in [4.78, 5) is 25.1. The van der Waals surface area contributed by atoms with Crippen molar-refractivity contribution in [1.82, 2.24) is 14.3 Å². The van der Waals surface area contributed by atoms with E-state index in [0.29, 0.717) is 12.2 Å². The lowest BCUT2D eigenvalue weighted by Crippen LogP contribution is -2.25. The van der Waals surface area contributed by atoms with Gasteiger partial charge in [-0.1, -0.05) is 42.5 Å². The van der Waals surface area contributed by atoms with E-state index in [1.54, 1.807) is 12.1 Å². The molecule has 174 valence electrons. The van der Waals surface area contributed by atoms with Crippen LogP contribution in [0.15, 0.2) is 95.9 Å². The Balaban J connectivity index is 1.40. The highest BCUT2D eigenvalue weighted by atomic mass is 19.1. The molecule has 2 aromatic heterocycles. The molecule has 0 unspecified atom stereocenters. The summed E-state index contributed by atoms with van der Waals surface area (Å²) in [6.07, 6.45) is 1.97. The average molecular weight is 468 g/mol. The number of halogens is 1. The number of aliphatic hydroxyl groups is 1. The Morgan fingerprint density at radius 3 is 2.49 bits per heavy atom. The predicted octanol–water partition coefficient (Wildman–Crippen LogP) is 4.12. The number of amides is 1. The number of aliphatic hydroxyl groups excluding tert-OH is 1. The van der Waals surface area contributed by atoms with Crippen LogP contribution in [0.1, 0.15) is 21.6 Å². The predicted molar refractivity (Wildman–Crippen MR) is 131 cm³/mol. The number of fused-ring (bicyclic) bond motifs is 1. The van der Waals surface area contributed by atoms with Crippen molar-refractivity contribution in [2.75, 3.05) is 5.32 Å². The SMILES string of the molecule is O=C(Nc1ccc2ccn(Cc3ccc(CO)cc3)c2c1)c1ccc(=O)n(-c2ccccc2F)n1. The molecule has 3 aromatic carbocycles. The molecule has 0 aliphatic heterocycles. The molecule has 5 rings (SSSR count). The van der Waals surface area contributed by atoms with Crippen LogP contribution in [0.25, 0.3) is 16.6 Å². The van der Waals surface area contributed by atoms with Gasteiger partial charge in [-0.15, -0.1) is 0 Å². The van der Waals surface area contributed by atoms with Crippen LogP contribution in [0.3, 0.4) is 0 Å². The van der Waals surface area contributed by atoms with Crippen LogP contribution in [-0.2, 0) is 13.2 Å². The highest BCUT2D eigenvalue weighted by Gasteiger charge is 2.14. The van der Waals surface area contributed by atoms with Gasteiger partial charge < -0.3 is 15.0 Å². The highest BCUT2D eigenvalue weighted by Crippen LogP contribution is 2.22. The Kier molecular flexibility index (Phi) is 5.95. The number of hydrogen-bond acceptors (Lipinski definition) is 4. The van der Waals surface area contributed by atoms with E-state index in [4.69, 9.17) is 0 Å². The molecular formula is C27H21FN4O3. The molecular weight excluding hydrogens is 447 g/mol. The van der Waals surface area contributed by atoms with Gasteiger partial charge in [-0.3, -0.25) is 9.59 Å². The minimum atomic E-state index is -0.614. The molecule has 35 heavy (non-hydrogen) atoms. The van der Waals surface area contributed by atoms with E-state index < -0.39 is 17.3 Å². The molecule has 0 fully saturated rings. The smallest absolute Gasteiger partial charge is 0.276 e. The Bertz CT molecular complexity index is 1590. The summed E-state index contributed by atoms with van der Waals surface area (Å²) in [5.41, 5.74) is 2.82. The second kappa shape index (κ2) is 9.36. The van der Waals surface area contributed by atoms with Crippen LogP contribution in [-0.4, -0.2) is 25.4 Å². The zero-order valence-electron chi connectivity index (χ0n) is 18.6. The number of anilines is 1. The molecule has 0 saturated heterocycles. The fourth-order valence-electron chi connectivity index (χ4n) is 3.87. The van der Waals surface area contributed by atoms with Crippen LogP contribution in [0.2, 0.25) is 0 Å². The van der Waals surface area contributed by atoms with Crippen molar-refractivity contribution in [3.63, 3.8) is 0 Å². The van der Waals surface area contributed by atoms with Crippen LogP contribution in [0.5, 0.6) is 0 Å². The fourth-order valence-corrected chi connectivity index (χ4v) is 3.87. The maximum atomic E-state index is 14.2. The summed E-state index contributed by atoms with van der Waals surface area (Å²) in [7, 11) is 0. The first-order chi connectivity index (χ1) is 17.0. The summed E-state index contributed by atoms with van der Waals surface area (Å²) in [5, 5.41) is 17.1. The van der Waals surface area contributed by atoms with E-state index >= 15 is 0 Å². The molecule has 5 aromatic rings. The third-order valence-electron chi connectivity index (χ3n) is 5.70. The van der Waals surface area contributed by atoms with Gasteiger partial charge in [0.1, 0.15) is 17.2 Å². The number of carbonyl (C=O) groups is 1. The molecule has 2 N–H and O–H groups in total. The van der Waals surface area contributed by atoms with E-state index in [1.807, 2.05) is 48.7 Å².